The highest BCUT2D eigenvalue weighted by Gasteiger charge is 2.21. The second kappa shape index (κ2) is 9.44. The number of aromatic amines is 1. The number of rotatable bonds is 7. The molecule has 3 aromatic rings. The largest absolute Gasteiger partial charge is 0.504 e. The van der Waals surface area contributed by atoms with Crippen LogP contribution >= 0.6 is 0 Å². The molecule has 0 atom stereocenters. The maximum atomic E-state index is 12.6. The van der Waals surface area contributed by atoms with E-state index in [-0.39, 0.29) is 17.3 Å². The van der Waals surface area contributed by atoms with Crippen LogP contribution in [0.15, 0.2) is 58.4 Å². The second-order valence-corrected chi connectivity index (χ2v) is 7.28. The molecule has 0 spiro atoms. The van der Waals surface area contributed by atoms with Gasteiger partial charge in [0.2, 0.25) is 5.95 Å². The van der Waals surface area contributed by atoms with Crippen LogP contribution in [0.5, 0.6) is 11.5 Å². The number of fused-ring (bicyclic) bond motifs is 1. The van der Waals surface area contributed by atoms with Crippen molar-refractivity contribution < 1.29 is 9.84 Å². The van der Waals surface area contributed by atoms with Crippen LogP contribution in [0.1, 0.15) is 29.3 Å². The predicted molar refractivity (Wildman–Crippen MR) is 120 cm³/mol. The van der Waals surface area contributed by atoms with Crippen molar-refractivity contribution in [2.24, 2.45) is 5.10 Å². The third-order valence-electron chi connectivity index (χ3n) is 5.10. The van der Waals surface area contributed by atoms with E-state index in [4.69, 9.17) is 4.74 Å². The summed E-state index contributed by atoms with van der Waals surface area (Å²) in [4.78, 5) is 22.1. The molecule has 4 rings (SSSR count). The van der Waals surface area contributed by atoms with E-state index in [9.17, 15) is 9.90 Å². The summed E-state index contributed by atoms with van der Waals surface area (Å²) in [6.45, 7) is 4.50. The van der Waals surface area contributed by atoms with E-state index in [1.807, 2.05) is 25.1 Å². The number of para-hydroxylation sites is 1. The lowest BCUT2D eigenvalue weighted by atomic mass is 10.1. The highest BCUT2D eigenvalue weighted by Crippen LogP contribution is 2.28. The standard InChI is InChI=1S/C23H25N5O3/c1-2-31-20-10-6-9-17(21(20)29)13-24-27-23-25-19-11-12-28(15-18(19)22(30)26-23)14-16-7-4-3-5-8-16/h3-10,13,29H,2,11-12,14-15H2,1H3,(H2,25,26,27,30)/b24-13-. The summed E-state index contributed by atoms with van der Waals surface area (Å²) >= 11 is 0. The molecule has 0 bridgehead atoms. The summed E-state index contributed by atoms with van der Waals surface area (Å²) in [5, 5.41) is 14.3. The van der Waals surface area contributed by atoms with Gasteiger partial charge >= 0.3 is 0 Å². The summed E-state index contributed by atoms with van der Waals surface area (Å²) in [5.74, 6) is 0.684. The van der Waals surface area contributed by atoms with Gasteiger partial charge in [-0.2, -0.15) is 5.10 Å². The number of hydrogen-bond donors (Lipinski definition) is 3. The number of nitrogens with zero attached hydrogens (tertiary/aromatic N) is 3. The minimum Gasteiger partial charge on any atom is -0.504 e. The van der Waals surface area contributed by atoms with Crippen molar-refractivity contribution in [1.82, 2.24) is 14.9 Å². The first-order valence-electron chi connectivity index (χ1n) is 10.3. The molecule has 8 heteroatoms. The highest BCUT2D eigenvalue weighted by molar-refractivity contribution is 5.85. The number of phenolic OH excluding ortho intramolecular Hbond substituents is 1. The van der Waals surface area contributed by atoms with Gasteiger partial charge in [-0.05, 0) is 24.6 Å². The van der Waals surface area contributed by atoms with E-state index in [0.717, 1.165) is 18.8 Å². The first-order chi connectivity index (χ1) is 15.1. The number of hydrazone groups is 1. The van der Waals surface area contributed by atoms with E-state index in [0.29, 0.717) is 36.4 Å². The molecule has 0 amide bonds. The molecular formula is C23H25N5O3. The van der Waals surface area contributed by atoms with Crippen molar-refractivity contribution >= 4 is 12.2 Å². The topological polar surface area (TPSA) is 103 Å². The quantitative estimate of drug-likeness (QED) is 0.402. The fourth-order valence-corrected chi connectivity index (χ4v) is 3.59. The minimum atomic E-state index is -0.165. The molecule has 2 aromatic carbocycles. The zero-order chi connectivity index (χ0) is 21.6. The van der Waals surface area contributed by atoms with E-state index < -0.39 is 0 Å². The summed E-state index contributed by atoms with van der Waals surface area (Å²) in [6.07, 6.45) is 2.15. The first-order valence-corrected chi connectivity index (χ1v) is 10.3. The van der Waals surface area contributed by atoms with Crippen LogP contribution in [0.3, 0.4) is 0 Å². The number of nitrogens with one attached hydrogen (secondary N) is 2. The number of aromatic hydroxyl groups is 1. The smallest absolute Gasteiger partial charge is 0.257 e. The molecule has 2 heterocycles. The number of hydrogen-bond acceptors (Lipinski definition) is 7. The van der Waals surface area contributed by atoms with Gasteiger partial charge in [0.1, 0.15) is 0 Å². The number of phenols is 1. The third-order valence-corrected chi connectivity index (χ3v) is 5.10. The average Bonchev–Trinajstić information content (AvgIpc) is 2.78. The fraction of sp³-hybridized carbons (Fsp3) is 0.261. The van der Waals surface area contributed by atoms with Crippen LogP contribution in [0.4, 0.5) is 5.95 Å². The molecule has 0 radical (unpaired) electrons. The molecule has 0 fully saturated rings. The van der Waals surface area contributed by atoms with E-state index in [1.165, 1.54) is 11.8 Å². The number of H-pyrrole nitrogens is 1. The lowest BCUT2D eigenvalue weighted by Gasteiger charge is -2.27. The van der Waals surface area contributed by atoms with Crippen molar-refractivity contribution in [3.05, 3.63) is 81.3 Å². The number of aromatic nitrogens is 2. The zero-order valence-corrected chi connectivity index (χ0v) is 17.3. The summed E-state index contributed by atoms with van der Waals surface area (Å²) in [6, 6.07) is 15.4. The predicted octanol–water partition coefficient (Wildman–Crippen LogP) is 2.88. The van der Waals surface area contributed by atoms with Crippen molar-refractivity contribution in [1.29, 1.82) is 0 Å². The van der Waals surface area contributed by atoms with Crippen LogP contribution in [-0.2, 0) is 19.5 Å². The van der Waals surface area contributed by atoms with Gasteiger partial charge < -0.3 is 9.84 Å². The summed E-state index contributed by atoms with van der Waals surface area (Å²) in [5.41, 5.74) is 5.78. The normalized spacial score (nSPS) is 13.8. The number of anilines is 1. The van der Waals surface area contributed by atoms with Crippen LogP contribution < -0.4 is 15.7 Å². The Morgan fingerprint density at radius 3 is 2.90 bits per heavy atom. The van der Waals surface area contributed by atoms with Crippen LogP contribution in [0.25, 0.3) is 0 Å². The second-order valence-electron chi connectivity index (χ2n) is 7.28. The summed E-state index contributed by atoms with van der Waals surface area (Å²) < 4.78 is 5.37. The highest BCUT2D eigenvalue weighted by atomic mass is 16.5. The van der Waals surface area contributed by atoms with Crippen molar-refractivity contribution in [2.75, 3.05) is 18.6 Å². The third kappa shape index (κ3) is 4.92. The molecule has 3 N–H and O–H groups in total. The Hall–Kier alpha value is -3.65. The van der Waals surface area contributed by atoms with Crippen molar-refractivity contribution in [3.8, 4) is 11.5 Å². The SMILES string of the molecule is CCOc1cccc(/C=N\Nc2nc3c(c(=O)[nH]2)CN(Cc2ccccc2)CC3)c1O. The van der Waals surface area contributed by atoms with Crippen molar-refractivity contribution in [2.45, 2.75) is 26.4 Å². The van der Waals surface area contributed by atoms with Gasteiger partial charge in [-0.15, -0.1) is 0 Å². The van der Waals surface area contributed by atoms with Gasteiger partial charge in [-0.1, -0.05) is 36.4 Å². The van der Waals surface area contributed by atoms with Gasteiger partial charge in [0.05, 0.1) is 24.1 Å². The Balaban J connectivity index is 1.44. The maximum absolute atomic E-state index is 12.6. The Labute approximate surface area is 180 Å². The molecule has 0 unspecified atom stereocenters. The van der Waals surface area contributed by atoms with Crippen LogP contribution in [0.2, 0.25) is 0 Å². The van der Waals surface area contributed by atoms with Gasteiger partial charge in [-0.25, -0.2) is 10.4 Å². The fourth-order valence-electron chi connectivity index (χ4n) is 3.59. The molecule has 160 valence electrons. The van der Waals surface area contributed by atoms with E-state index >= 15 is 0 Å². The molecule has 8 nitrogen and oxygen atoms in total. The Kier molecular flexibility index (Phi) is 6.28. The van der Waals surface area contributed by atoms with Gasteiger partial charge in [0, 0.05) is 31.6 Å². The Morgan fingerprint density at radius 2 is 2.10 bits per heavy atom. The zero-order valence-electron chi connectivity index (χ0n) is 17.3. The molecule has 1 aliphatic heterocycles. The molecule has 31 heavy (non-hydrogen) atoms. The average molecular weight is 419 g/mol. The number of ether oxygens (including phenoxy) is 1. The lowest BCUT2D eigenvalue weighted by molar-refractivity contribution is 0.242. The van der Waals surface area contributed by atoms with Gasteiger partial charge in [-0.3, -0.25) is 14.7 Å². The summed E-state index contributed by atoms with van der Waals surface area (Å²) in [7, 11) is 0. The Morgan fingerprint density at radius 1 is 1.26 bits per heavy atom. The van der Waals surface area contributed by atoms with Crippen molar-refractivity contribution in [3.63, 3.8) is 0 Å². The lowest BCUT2D eigenvalue weighted by Crippen LogP contribution is -2.35. The molecule has 0 saturated heterocycles. The van der Waals surface area contributed by atoms with Crippen LogP contribution in [0, 0.1) is 0 Å². The monoisotopic (exact) mass is 419 g/mol. The minimum absolute atomic E-state index is 0.0142. The molecule has 1 aromatic heterocycles. The van der Waals surface area contributed by atoms with Crippen LogP contribution in [-0.4, -0.2) is 39.3 Å². The molecule has 1 aliphatic rings. The van der Waals surface area contributed by atoms with E-state index in [1.54, 1.807) is 18.2 Å². The molecule has 0 aliphatic carbocycles. The molecular weight excluding hydrogens is 394 g/mol. The maximum Gasteiger partial charge on any atom is 0.257 e. The molecule has 0 saturated carbocycles. The number of benzene rings is 2. The van der Waals surface area contributed by atoms with Gasteiger partial charge in [0.15, 0.2) is 11.5 Å². The first kappa shape index (κ1) is 20.6. The van der Waals surface area contributed by atoms with E-state index in [2.05, 4.69) is 37.5 Å². The Bertz CT molecular complexity index is 1130. The van der Waals surface area contributed by atoms with Gasteiger partial charge in [0.25, 0.3) is 5.56 Å².